The van der Waals surface area contributed by atoms with Crippen LogP contribution in [0.15, 0.2) is 36.7 Å². The summed E-state index contributed by atoms with van der Waals surface area (Å²) in [4.78, 5) is 16.2. The summed E-state index contributed by atoms with van der Waals surface area (Å²) in [6.07, 6.45) is 7.74. The van der Waals surface area contributed by atoms with Gasteiger partial charge in [0.1, 0.15) is 11.6 Å². The van der Waals surface area contributed by atoms with Crippen molar-refractivity contribution in [1.29, 1.82) is 0 Å². The zero-order valence-corrected chi connectivity index (χ0v) is 15.6. The third-order valence-electron chi connectivity index (χ3n) is 5.34. The lowest BCUT2D eigenvalue weighted by atomic mass is 10.1. The third kappa shape index (κ3) is 4.07. The minimum absolute atomic E-state index is 0.839. The van der Waals surface area contributed by atoms with Gasteiger partial charge in [-0.3, -0.25) is 0 Å². The molecule has 4 rings (SSSR count). The van der Waals surface area contributed by atoms with Crippen LogP contribution in [0, 0.1) is 0 Å². The van der Waals surface area contributed by atoms with Crippen LogP contribution in [0.1, 0.15) is 19.3 Å². The summed E-state index contributed by atoms with van der Waals surface area (Å²) >= 11 is 0. The smallest absolute Gasteiger partial charge is 0.133 e. The van der Waals surface area contributed by atoms with Gasteiger partial charge in [-0.05, 0) is 44.5 Å². The average Bonchev–Trinajstić information content (AvgIpc) is 2.70. The van der Waals surface area contributed by atoms with Crippen LogP contribution >= 0.6 is 0 Å². The summed E-state index contributed by atoms with van der Waals surface area (Å²) < 4.78 is 0. The number of aromatic nitrogens is 2. The molecule has 0 amide bonds. The fourth-order valence-electron chi connectivity index (χ4n) is 3.68. The standard InChI is InChI=1S/C20H28N6/c1-24-11-13-26(14-12-24)18-5-6-19(22-16-18)23-20-15-17(7-8-21-20)25-9-3-2-4-10-25/h5-8,15-16H,2-4,9-14H2,1H3,(H,21,22,23). The Kier molecular flexibility index (Phi) is 5.20. The van der Waals surface area contributed by atoms with E-state index in [0.29, 0.717) is 0 Å². The van der Waals surface area contributed by atoms with E-state index >= 15 is 0 Å². The number of hydrogen-bond acceptors (Lipinski definition) is 6. The number of nitrogens with zero attached hydrogens (tertiary/aromatic N) is 5. The van der Waals surface area contributed by atoms with Gasteiger partial charge in [0.2, 0.25) is 0 Å². The Hall–Kier alpha value is -2.34. The third-order valence-corrected chi connectivity index (χ3v) is 5.34. The molecule has 6 nitrogen and oxygen atoms in total. The summed E-state index contributed by atoms with van der Waals surface area (Å²) in [6, 6.07) is 8.42. The van der Waals surface area contributed by atoms with Gasteiger partial charge in [0.25, 0.3) is 0 Å². The molecule has 1 N–H and O–H groups in total. The molecule has 2 aromatic rings. The minimum Gasteiger partial charge on any atom is -0.371 e. The number of piperazine rings is 1. The normalized spacial score (nSPS) is 18.8. The van der Waals surface area contributed by atoms with Gasteiger partial charge >= 0.3 is 0 Å². The van der Waals surface area contributed by atoms with Crippen molar-refractivity contribution in [3.8, 4) is 0 Å². The Balaban J connectivity index is 1.41. The molecule has 0 saturated carbocycles. The molecule has 2 aromatic heterocycles. The van der Waals surface area contributed by atoms with E-state index in [9.17, 15) is 0 Å². The number of nitrogens with one attached hydrogen (secondary N) is 1. The average molecular weight is 352 g/mol. The Morgan fingerprint density at radius 2 is 1.54 bits per heavy atom. The highest BCUT2D eigenvalue weighted by Crippen LogP contribution is 2.24. The van der Waals surface area contributed by atoms with Crippen LogP contribution < -0.4 is 15.1 Å². The van der Waals surface area contributed by atoms with Crippen molar-refractivity contribution in [3.63, 3.8) is 0 Å². The number of rotatable bonds is 4. The van der Waals surface area contributed by atoms with E-state index in [-0.39, 0.29) is 0 Å². The summed E-state index contributed by atoms with van der Waals surface area (Å²) in [7, 11) is 2.17. The Bertz CT molecular complexity index is 702. The van der Waals surface area contributed by atoms with Crippen molar-refractivity contribution < 1.29 is 0 Å². The van der Waals surface area contributed by atoms with Crippen molar-refractivity contribution in [2.75, 3.05) is 61.4 Å². The number of anilines is 4. The summed E-state index contributed by atoms with van der Waals surface area (Å²) in [5.41, 5.74) is 2.44. The molecule has 2 saturated heterocycles. The molecule has 0 radical (unpaired) electrons. The fraction of sp³-hybridized carbons (Fsp3) is 0.500. The Labute approximate surface area is 155 Å². The van der Waals surface area contributed by atoms with E-state index in [0.717, 1.165) is 50.9 Å². The lowest BCUT2D eigenvalue weighted by Gasteiger charge is -2.33. The van der Waals surface area contributed by atoms with Gasteiger partial charge in [-0.2, -0.15) is 0 Å². The molecule has 0 aliphatic carbocycles. The highest BCUT2D eigenvalue weighted by Gasteiger charge is 2.15. The van der Waals surface area contributed by atoms with E-state index in [1.165, 1.54) is 30.6 Å². The van der Waals surface area contributed by atoms with Gasteiger partial charge in [0.05, 0.1) is 11.9 Å². The zero-order valence-electron chi connectivity index (χ0n) is 15.6. The first-order valence-electron chi connectivity index (χ1n) is 9.65. The molecule has 6 heteroatoms. The topological polar surface area (TPSA) is 47.5 Å². The van der Waals surface area contributed by atoms with Crippen LogP contribution in [0.3, 0.4) is 0 Å². The van der Waals surface area contributed by atoms with Crippen LogP contribution in [0.5, 0.6) is 0 Å². The highest BCUT2D eigenvalue weighted by molar-refractivity contribution is 5.60. The van der Waals surface area contributed by atoms with Gasteiger partial charge < -0.3 is 20.0 Å². The lowest BCUT2D eigenvalue weighted by molar-refractivity contribution is 0.313. The zero-order chi connectivity index (χ0) is 17.8. The largest absolute Gasteiger partial charge is 0.371 e. The van der Waals surface area contributed by atoms with Gasteiger partial charge in [-0.15, -0.1) is 0 Å². The second-order valence-corrected chi connectivity index (χ2v) is 7.26. The van der Waals surface area contributed by atoms with E-state index in [2.05, 4.69) is 55.2 Å². The molecule has 2 fully saturated rings. The van der Waals surface area contributed by atoms with E-state index < -0.39 is 0 Å². The maximum absolute atomic E-state index is 4.59. The first kappa shape index (κ1) is 17.1. The molecule has 0 atom stereocenters. The quantitative estimate of drug-likeness (QED) is 0.913. The van der Waals surface area contributed by atoms with Gasteiger partial charge in [0.15, 0.2) is 0 Å². The molecule has 0 aromatic carbocycles. The van der Waals surface area contributed by atoms with Gasteiger partial charge in [0, 0.05) is 57.2 Å². The first-order chi connectivity index (χ1) is 12.8. The molecule has 2 aliphatic rings. The van der Waals surface area contributed by atoms with E-state index in [1.807, 2.05) is 18.5 Å². The lowest BCUT2D eigenvalue weighted by Crippen LogP contribution is -2.44. The number of pyridine rings is 2. The van der Waals surface area contributed by atoms with Gasteiger partial charge in [-0.25, -0.2) is 9.97 Å². The molecule has 26 heavy (non-hydrogen) atoms. The number of piperidine rings is 1. The molecule has 138 valence electrons. The predicted octanol–water partition coefficient (Wildman–Crippen LogP) is 2.96. The maximum atomic E-state index is 4.59. The predicted molar refractivity (Wildman–Crippen MR) is 108 cm³/mol. The second-order valence-electron chi connectivity index (χ2n) is 7.26. The monoisotopic (exact) mass is 352 g/mol. The van der Waals surface area contributed by atoms with E-state index in [4.69, 9.17) is 0 Å². The Morgan fingerprint density at radius 3 is 2.27 bits per heavy atom. The molecule has 2 aliphatic heterocycles. The van der Waals surface area contributed by atoms with Crippen molar-refractivity contribution in [1.82, 2.24) is 14.9 Å². The van der Waals surface area contributed by atoms with Crippen LogP contribution in [0.2, 0.25) is 0 Å². The molecule has 0 unspecified atom stereocenters. The number of hydrogen-bond donors (Lipinski definition) is 1. The summed E-state index contributed by atoms with van der Waals surface area (Å²) in [6.45, 7) is 6.61. The van der Waals surface area contributed by atoms with Gasteiger partial charge in [-0.1, -0.05) is 0 Å². The Morgan fingerprint density at radius 1 is 0.769 bits per heavy atom. The maximum Gasteiger partial charge on any atom is 0.133 e. The van der Waals surface area contributed by atoms with Crippen molar-refractivity contribution in [2.45, 2.75) is 19.3 Å². The molecular weight excluding hydrogens is 324 g/mol. The summed E-state index contributed by atoms with van der Waals surface area (Å²) in [5.74, 6) is 1.69. The van der Waals surface area contributed by atoms with Crippen LogP contribution in [0.25, 0.3) is 0 Å². The molecule has 4 heterocycles. The first-order valence-corrected chi connectivity index (χ1v) is 9.65. The molecule has 0 bridgehead atoms. The van der Waals surface area contributed by atoms with E-state index in [1.54, 1.807) is 0 Å². The van der Waals surface area contributed by atoms with Crippen molar-refractivity contribution in [2.24, 2.45) is 0 Å². The highest BCUT2D eigenvalue weighted by atomic mass is 15.2. The van der Waals surface area contributed by atoms with Crippen molar-refractivity contribution >= 4 is 23.0 Å². The second kappa shape index (κ2) is 7.91. The minimum atomic E-state index is 0.839. The molecular formula is C20H28N6. The molecule has 0 spiro atoms. The van der Waals surface area contributed by atoms with Crippen molar-refractivity contribution in [3.05, 3.63) is 36.7 Å². The van der Waals surface area contributed by atoms with Crippen LogP contribution in [-0.4, -0.2) is 61.2 Å². The SMILES string of the molecule is CN1CCN(c2ccc(Nc3cc(N4CCCCC4)ccn3)nc2)CC1. The van der Waals surface area contributed by atoms with Crippen LogP contribution in [0.4, 0.5) is 23.0 Å². The number of likely N-dealkylation sites (N-methyl/N-ethyl adjacent to an activating group) is 1. The fourth-order valence-corrected chi connectivity index (χ4v) is 3.68. The summed E-state index contributed by atoms with van der Waals surface area (Å²) in [5, 5.41) is 3.34. The van der Waals surface area contributed by atoms with Crippen LogP contribution in [-0.2, 0) is 0 Å².